The van der Waals surface area contributed by atoms with E-state index in [1.807, 2.05) is 30.3 Å². The standard InChI is InChI=1S/C31H39N3O4/c1-3-7-29(38-23(2)35)18-31(22-32,26-8-5-4-6-9-26)27-14-16-33(17-15-27)19-24-20-34(21-24)28-12-10-25(11-13-28)30(36)37/h4-6,8-13,24,27,29H,3,7,14-21H2,1-2H3,(H,36,37). The molecule has 1 N–H and O–H groups in total. The van der Waals surface area contributed by atoms with Crippen LogP contribution in [0.4, 0.5) is 5.69 Å². The highest BCUT2D eigenvalue weighted by Gasteiger charge is 2.44. The monoisotopic (exact) mass is 517 g/mol. The van der Waals surface area contributed by atoms with Gasteiger partial charge in [0.2, 0.25) is 0 Å². The van der Waals surface area contributed by atoms with Crippen LogP contribution >= 0.6 is 0 Å². The molecule has 4 rings (SSSR count). The van der Waals surface area contributed by atoms with Crippen molar-refractivity contribution in [2.24, 2.45) is 11.8 Å². The number of piperidine rings is 1. The molecule has 2 aromatic carbocycles. The molecule has 2 aromatic rings. The summed E-state index contributed by atoms with van der Waals surface area (Å²) in [7, 11) is 0. The number of carbonyl (C=O) groups excluding carboxylic acids is 1. The molecular weight excluding hydrogens is 478 g/mol. The molecule has 7 heteroatoms. The number of hydrogen-bond donors (Lipinski definition) is 1. The minimum absolute atomic E-state index is 0.201. The first kappa shape index (κ1) is 27.7. The Morgan fingerprint density at radius 1 is 1.11 bits per heavy atom. The van der Waals surface area contributed by atoms with E-state index in [9.17, 15) is 14.9 Å². The largest absolute Gasteiger partial charge is 0.478 e. The molecule has 0 bridgehead atoms. The lowest BCUT2D eigenvalue weighted by molar-refractivity contribution is -0.147. The third-order valence-electron chi connectivity index (χ3n) is 8.22. The number of aromatic carboxylic acids is 1. The van der Waals surface area contributed by atoms with Crippen LogP contribution in [0.1, 0.15) is 61.9 Å². The quantitative estimate of drug-likeness (QED) is 0.414. The Morgan fingerprint density at radius 2 is 1.76 bits per heavy atom. The van der Waals surface area contributed by atoms with Crippen LogP contribution in [0.15, 0.2) is 54.6 Å². The Labute approximate surface area is 226 Å². The van der Waals surface area contributed by atoms with Crippen LogP contribution in [0.2, 0.25) is 0 Å². The van der Waals surface area contributed by atoms with Gasteiger partial charge in [-0.05, 0) is 68.1 Å². The molecule has 2 fully saturated rings. The van der Waals surface area contributed by atoms with E-state index in [2.05, 4.69) is 34.9 Å². The van der Waals surface area contributed by atoms with Gasteiger partial charge in [0.1, 0.15) is 6.10 Å². The minimum Gasteiger partial charge on any atom is -0.478 e. The molecule has 2 heterocycles. The number of likely N-dealkylation sites (tertiary alicyclic amines) is 1. The number of anilines is 1. The summed E-state index contributed by atoms with van der Waals surface area (Å²) in [4.78, 5) is 27.7. The van der Waals surface area contributed by atoms with Gasteiger partial charge in [-0.3, -0.25) is 4.79 Å². The maximum absolute atomic E-state index is 11.8. The van der Waals surface area contributed by atoms with Gasteiger partial charge in [0, 0.05) is 44.6 Å². The second kappa shape index (κ2) is 12.4. The van der Waals surface area contributed by atoms with Gasteiger partial charge in [-0.25, -0.2) is 4.79 Å². The summed E-state index contributed by atoms with van der Waals surface area (Å²) in [5, 5.41) is 19.7. The molecule has 38 heavy (non-hydrogen) atoms. The highest BCUT2D eigenvalue weighted by molar-refractivity contribution is 5.88. The molecule has 0 aromatic heterocycles. The van der Waals surface area contributed by atoms with Gasteiger partial charge >= 0.3 is 11.9 Å². The molecule has 0 amide bonds. The average molecular weight is 518 g/mol. The molecule has 2 atom stereocenters. The first-order chi connectivity index (χ1) is 18.3. The Bertz CT molecular complexity index is 1120. The van der Waals surface area contributed by atoms with E-state index in [1.54, 1.807) is 12.1 Å². The number of carbonyl (C=O) groups is 2. The predicted molar refractivity (Wildman–Crippen MR) is 147 cm³/mol. The summed E-state index contributed by atoms with van der Waals surface area (Å²) in [6.07, 6.45) is 3.80. The molecule has 0 spiro atoms. The van der Waals surface area contributed by atoms with Crippen LogP contribution in [-0.2, 0) is 14.9 Å². The van der Waals surface area contributed by atoms with Crippen LogP contribution in [0.25, 0.3) is 0 Å². The van der Waals surface area contributed by atoms with Gasteiger partial charge in [0.05, 0.1) is 17.0 Å². The number of carboxylic acids is 1. The predicted octanol–water partition coefficient (Wildman–Crippen LogP) is 5.12. The summed E-state index contributed by atoms with van der Waals surface area (Å²) in [6, 6.07) is 19.9. The van der Waals surface area contributed by atoms with Crippen molar-refractivity contribution in [3.63, 3.8) is 0 Å². The normalized spacial score (nSPS) is 19.1. The van der Waals surface area contributed by atoms with Gasteiger partial charge in [0.15, 0.2) is 0 Å². The van der Waals surface area contributed by atoms with Crippen molar-refractivity contribution in [1.82, 2.24) is 4.90 Å². The third-order valence-corrected chi connectivity index (χ3v) is 8.22. The van der Waals surface area contributed by atoms with E-state index in [0.717, 1.165) is 69.7 Å². The van der Waals surface area contributed by atoms with Crippen molar-refractivity contribution in [3.05, 3.63) is 65.7 Å². The lowest BCUT2D eigenvalue weighted by Gasteiger charge is -2.46. The second-order valence-electron chi connectivity index (χ2n) is 10.9. The summed E-state index contributed by atoms with van der Waals surface area (Å²) in [5.74, 6) is -0.405. The Kier molecular flexibility index (Phi) is 9.06. The van der Waals surface area contributed by atoms with Gasteiger partial charge in [-0.15, -0.1) is 0 Å². The van der Waals surface area contributed by atoms with Crippen molar-refractivity contribution in [2.75, 3.05) is 37.6 Å². The van der Waals surface area contributed by atoms with E-state index in [0.29, 0.717) is 17.9 Å². The summed E-state index contributed by atoms with van der Waals surface area (Å²) in [5.41, 5.74) is 1.73. The van der Waals surface area contributed by atoms with Crippen molar-refractivity contribution in [2.45, 2.75) is 57.5 Å². The first-order valence-electron chi connectivity index (χ1n) is 13.8. The molecule has 202 valence electrons. The van der Waals surface area contributed by atoms with Crippen LogP contribution in [-0.4, -0.2) is 60.8 Å². The SMILES string of the molecule is CCCC(CC(C#N)(c1ccccc1)C1CCN(CC2CN(c3ccc(C(=O)O)cc3)C2)CC1)OC(C)=O. The fourth-order valence-electron chi connectivity index (χ4n) is 6.26. The number of ether oxygens (including phenoxy) is 1. The summed E-state index contributed by atoms with van der Waals surface area (Å²) in [6.45, 7) is 8.42. The average Bonchev–Trinajstić information content (AvgIpc) is 2.90. The zero-order chi connectivity index (χ0) is 27.1. The maximum Gasteiger partial charge on any atom is 0.335 e. The number of hydrogen-bond acceptors (Lipinski definition) is 6. The Morgan fingerprint density at radius 3 is 2.32 bits per heavy atom. The molecule has 2 aliphatic heterocycles. The second-order valence-corrected chi connectivity index (χ2v) is 10.9. The van der Waals surface area contributed by atoms with Crippen molar-refractivity contribution < 1.29 is 19.4 Å². The molecule has 7 nitrogen and oxygen atoms in total. The van der Waals surface area contributed by atoms with Gasteiger partial charge in [-0.1, -0.05) is 43.7 Å². The molecule has 0 aliphatic carbocycles. The molecule has 2 unspecified atom stereocenters. The van der Waals surface area contributed by atoms with Crippen LogP contribution in [0.5, 0.6) is 0 Å². The number of benzene rings is 2. The van der Waals surface area contributed by atoms with Gasteiger partial charge in [0.25, 0.3) is 0 Å². The Balaban J connectivity index is 1.37. The number of rotatable bonds is 11. The number of carboxylic acid groups (broad SMARTS) is 1. The highest BCUT2D eigenvalue weighted by atomic mass is 16.5. The summed E-state index contributed by atoms with van der Waals surface area (Å²) < 4.78 is 5.69. The van der Waals surface area contributed by atoms with E-state index < -0.39 is 11.4 Å². The minimum atomic E-state index is -0.901. The van der Waals surface area contributed by atoms with Crippen LogP contribution in [0, 0.1) is 23.2 Å². The number of esters is 1. The molecule has 2 aliphatic rings. The highest BCUT2D eigenvalue weighted by Crippen LogP contribution is 2.43. The number of nitriles is 1. The molecular formula is C31H39N3O4. The topological polar surface area (TPSA) is 93.9 Å². The van der Waals surface area contributed by atoms with Gasteiger partial charge < -0.3 is 19.6 Å². The van der Waals surface area contributed by atoms with E-state index >= 15 is 0 Å². The lowest BCUT2D eigenvalue weighted by Crippen LogP contribution is -2.53. The van der Waals surface area contributed by atoms with Crippen LogP contribution < -0.4 is 4.90 Å². The zero-order valence-corrected chi connectivity index (χ0v) is 22.5. The zero-order valence-electron chi connectivity index (χ0n) is 22.5. The van der Waals surface area contributed by atoms with E-state index in [-0.39, 0.29) is 18.0 Å². The molecule has 0 radical (unpaired) electrons. The summed E-state index contributed by atoms with van der Waals surface area (Å²) >= 11 is 0. The molecule has 0 saturated carbocycles. The lowest BCUT2D eigenvalue weighted by atomic mass is 9.64. The third kappa shape index (κ3) is 6.36. The Hall–Kier alpha value is -3.37. The van der Waals surface area contributed by atoms with Crippen LogP contribution in [0.3, 0.4) is 0 Å². The van der Waals surface area contributed by atoms with E-state index in [4.69, 9.17) is 9.84 Å². The van der Waals surface area contributed by atoms with E-state index in [1.165, 1.54) is 6.92 Å². The fourth-order valence-corrected chi connectivity index (χ4v) is 6.26. The fraction of sp³-hybridized carbons (Fsp3) is 0.516. The van der Waals surface area contributed by atoms with Crippen molar-refractivity contribution in [3.8, 4) is 6.07 Å². The molecule has 2 saturated heterocycles. The van der Waals surface area contributed by atoms with Crippen molar-refractivity contribution >= 4 is 17.6 Å². The smallest absolute Gasteiger partial charge is 0.335 e. The van der Waals surface area contributed by atoms with Crippen molar-refractivity contribution in [1.29, 1.82) is 5.26 Å². The van der Waals surface area contributed by atoms with Gasteiger partial charge in [-0.2, -0.15) is 5.26 Å². The first-order valence-corrected chi connectivity index (χ1v) is 13.8. The maximum atomic E-state index is 11.8. The number of nitrogens with zero attached hydrogens (tertiary/aromatic N) is 3.